The van der Waals surface area contributed by atoms with E-state index in [0.29, 0.717) is 0 Å². The number of ether oxygens (including phenoxy) is 1. The third-order valence-corrected chi connectivity index (χ3v) is 2.24. The van der Waals surface area contributed by atoms with Crippen LogP contribution in [0.15, 0.2) is 18.2 Å². The van der Waals surface area contributed by atoms with Crippen LogP contribution in [0.2, 0.25) is 0 Å². The minimum atomic E-state index is -4.88. The summed E-state index contributed by atoms with van der Waals surface area (Å²) in [6.07, 6.45) is -7.66. The SMILES string of the molecule is COc1c(F)cccc1[C@H](N)[C@H](O)C(F)(F)F. The van der Waals surface area contributed by atoms with Gasteiger partial charge >= 0.3 is 6.18 Å². The topological polar surface area (TPSA) is 55.5 Å². The Labute approximate surface area is 94.8 Å². The highest BCUT2D eigenvalue weighted by molar-refractivity contribution is 5.37. The predicted octanol–water partition coefficient (Wildman–Crippen LogP) is 1.76. The molecule has 7 heteroatoms. The number of aliphatic hydroxyl groups is 1. The molecule has 1 rings (SSSR count). The molecular weight excluding hydrogens is 242 g/mol. The molecule has 0 bridgehead atoms. The number of hydrogen-bond donors (Lipinski definition) is 2. The summed E-state index contributed by atoms with van der Waals surface area (Å²) >= 11 is 0. The molecule has 96 valence electrons. The first-order valence-corrected chi connectivity index (χ1v) is 4.61. The maximum absolute atomic E-state index is 13.2. The molecule has 0 amide bonds. The molecule has 17 heavy (non-hydrogen) atoms. The van der Waals surface area contributed by atoms with Gasteiger partial charge in [-0.15, -0.1) is 0 Å². The van der Waals surface area contributed by atoms with Gasteiger partial charge in [-0.3, -0.25) is 0 Å². The molecule has 0 saturated heterocycles. The van der Waals surface area contributed by atoms with E-state index in [2.05, 4.69) is 4.74 Å². The second-order valence-corrected chi connectivity index (χ2v) is 3.37. The summed E-state index contributed by atoms with van der Waals surface area (Å²) < 4.78 is 54.6. The fourth-order valence-electron chi connectivity index (χ4n) is 1.38. The van der Waals surface area contributed by atoms with Gasteiger partial charge in [-0.2, -0.15) is 13.2 Å². The van der Waals surface area contributed by atoms with Crippen molar-refractivity contribution in [2.75, 3.05) is 7.11 Å². The van der Waals surface area contributed by atoms with Crippen LogP contribution in [0.25, 0.3) is 0 Å². The van der Waals surface area contributed by atoms with E-state index in [1.165, 1.54) is 12.1 Å². The Morgan fingerprint density at radius 2 is 1.94 bits per heavy atom. The number of methoxy groups -OCH3 is 1. The summed E-state index contributed by atoms with van der Waals surface area (Å²) in [6, 6.07) is 1.58. The Bertz CT molecular complexity index is 394. The number of rotatable bonds is 3. The number of hydrogen-bond acceptors (Lipinski definition) is 3. The van der Waals surface area contributed by atoms with Gasteiger partial charge in [0.25, 0.3) is 0 Å². The number of halogens is 4. The second-order valence-electron chi connectivity index (χ2n) is 3.37. The molecule has 0 fully saturated rings. The highest BCUT2D eigenvalue weighted by atomic mass is 19.4. The highest BCUT2D eigenvalue weighted by Crippen LogP contribution is 2.34. The van der Waals surface area contributed by atoms with E-state index in [1.54, 1.807) is 0 Å². The summed E-state index contributed by atoms with van der Waals surface area (Å²) in [5, 5.41) is 8.99. The Hall–Kier alpha value is -1.34. The zero-order valence-electron chi connectivity index (χ0n) is 8.83. The molecule has 0 radical (unpaired) electrons. The highest BCUT2D eigenvalue weighted by Gasteiger charge is 2.43. The van der Waals surface area contributed by atoms with Crippen molar-refractivity contribution in [1.82, 2.24) is 0 Å². The molecule has 0 unspecified atom stereocenters. The first kappa shape index (κ1) is 13.7. The second kappa shape index (κ2) is 4.89. The fraction of sp³-hybridized carbons (Fsp3) is 0.400. The van der Waals surface area contributed by atoms with Crippen molar-refractivity contribution in [2.45, 2.75) is 18.3 Å². The van der Waals surface area contributed by atoms with Gasteiger partial charge in [-0.05, 0) is 6.07 Å². The molecule has 1 aromatic rings. The van der Waals surface area contributed by atoms with Crippen molar-refractivity contribution in [3.8, 4) is 5.75 Å². The van der Waals surface area contributed by atoms with Gasteiger partial charge in [0, 0.05) is 5.56 Å². The van der Waals surface area contributed by atoms with E-state index in [-0.39, 0.29) is 5.56 Å². The number of aliphatic hydroxyl groups excluding tert-OH is 1. The Balaban J connectivity index is 3.12. The van der Waals surface area contributed by atoms with Crippen molar-refractivity contribution >= 4 is 0 Å². The van der Waals surface area contributed by atoms with Crippen molar-refractivity contribution in [1.29, 1.82) is 0 Å². The van der Waals surface area contributed by atoms with E-state index >= 15 is 0 Å². The zero-order valence-corrected chi connectivity index (χ0v) is 8.83. The van der Waals surface area contributed by atoms with Crippen LogP contribution in [0.4, 0.5) is 17.6 Å². The van der Waals surface area contributed by atoms with E-state index in [9.17, 15) is 17.6 Å². The van der Waals surface area contributed by atoms with Crippen LogP contribution in [0.3, 0.4) is 0 Å². The van der Waals surface area contributed by atoms with Crippen LogP contribution < -0.4 is 10.5 Å². The van der Waals surface area contributed by atoms with Gasteiger partial charge in [0.2, 0.25) is 0 Å². The lowest BCUT2D eigenvalue weighted by Gasteiger charge is -2.23. The minimum Gasteiger partial charge on any atom is -0.493 e. The van der Waals surface area contributed by atoms with E-state index in [0.717, 1.165) is 13.2 Å². The quantitative estimate of drug-likeness (QED) is 0.807. The molecular formula is C10H11F4NO2. The predicted molar refractivity (Wildman–Crippen MR) is 51.9 cm³/mol. The van der Waals surface area contributed by atoms with Gasteiger partial charge in [0.15, 0.2) is 17.7 Å². The maximum atomic E-state index is 13.2. The molecule has 0 aromatic heterocycles. The van der Waals surface area contributed by atoms with Crippen LogP contribution >= 0.6 is 0 Å². The Morgan fingerprint density at radius 1 is 1.35 bits per heavy atom. The average molecular weight is 253 g/mol. The van der Waals surface area contributed by atoms with E-state index in [1.807, 2.05) is 0 Å². The van der Waals surface area contributed by atoms with E-state index < -0.39 is 29.9 Å². The Morgan fingerprint density at radius 3 is 2.41 bits per heavy atom. The molecule has 0 aliphatic carbocycles. The summed E-state index contributed by atoms with van der Waals surface area (Å²) in [7, 11) is 1.11. The van der Waals surface area contributed by atoms with Gasteiger partial charge < -0.3 is 15.6 Å². The number of nitrogens with two attached hydrogens (primary N) is 1. The van der Waals surface area contributed by atoms with E-state index in [4.69, 9.17) is 10.8 Å². The lowest BCUT2D eigenvalue weighted by molar-refractivity contribution is -0.210. The molecule has 1 aromatic carbocycles. The lowest BCUT2D eigenvalue weighted by atomic mass is 10.0. The zero-order chi connectivity index (χ0) is 13.2. The lowest BCUT2D eigenvalue weighted by Crippen LogP contribution is -2.39. The molecule has 3 nitrogen and oxygen atoms in total. The number of benzene rings is 1. The Kier molecular flexibility index (Phi) is 3.94. The van der Waals surface area contributed by atoms with Crippen LogP contribution in [-0.4, -0.2) is 24.5 Å². The van der Waals surface area contributed by atoms with Crippen LogP contribution in [0.1, 0.15) is 11.6 Å². The molecule has 0 aliphatic heterocycles. The van der Waals surface area contributed by atoms with Gasteiger partial charge in [0.05, 0.1) is 13.2 Å². The van der Waals surface area contributed by atoms with Gasteiger partial charge in [-0.25, -0.2) is 4.39 Å². The number of para-hydroxylation sites is 1. The van der Waals surface area contributed by atoms with Crippen LogP contribution in [0.5, 0.6) is 5.75 Å². The monoisotopic (exact) mass is 253 g/mol. The summed E-state index contributed by atoms with van der Waals surface area (Å²) in [5.41, 5.74) is 5.01. The maximum Gasteiger partial charge on any atom is 0.416 e. The van der Waals surface area contributed by atoms with Crippen LogP contribution in [0, 0.1) is 5.82 Å². The number of alkyl halides is 3. The standard InChI is InChI=1S/C10H11F4NO2/c1-17-8-5(3-2-4-6(8)11)7(15)9(16)10(12,13)14/h2-4,7,9,16H,15H2,1H3/t7-,9-/m0/s1. The smallest absolute Gasteiger partial charge is 0.416 e. The average Bonchev–Trinajstić information content (AvgIpc) is 2.25. The largest absolute Gasteiger partial charge is 0.493 e. The molecule has 0 aliphatic rings. The molecule has 3 N–H and O–H groups in total. The van der Waals surface area contributed by atoms with Gasteiger partial charge in [0.1, 0.15) is 0 Å². The fourth-order valence-corrected chi connectivity index (χ4v) is 1.38. The molecule has 2 atom stereocenters. The first-order valence-electron chi connectivity index (χ1n) is 4.61. The molecule has 0 saturated carbocycles. The first-order chi connectivity index (χ1) is 7.79. The summed E-state index contributed by atoms with van der Waals surface area (Å²) in [6.45, 7) is 0. The molecule has 0 spiro atoms. The normalized spacial score (nSPS) is 15.5. The van der Waals surface area contributed by atoms with Crippen molar-refractivity contribution in [3.05, 3.63) is 29.6 Å². The van der Waals surface area contributed by atoms with Crippen molar-refractivity contribution < 1.29 is 27.4 Å². The summed E-state index contributed by atoms with van der Waals surface area (Å²) in [4.78, 5) is 0. The minimum absolute atomic E-state index is 0.239. The van der Waals surface area contributed by atoms with Crippen molar-refractivity contribution in [3.63, 3.8) is 0 Å². The van der Waals surface area contributed by atoms with Crippen LogP contribution in [-0.2, 0) is 0 Å². The van der Waals surface area contributed by atoms with Crippen molar-refractivity contribution in [2.24, 2.45) is 5.73 Å². The third-order valence-electron chi connectivity index (χ3n) is 2.24. The third kappa shape index (κ3) is 2.86. The van der Waals surface area contributed by atoms with Gasteiger partial charge in [-0.1, -0.05) is 12.1 Å². The molecule has 0 heterocycles. The summed E-state index contributed by atoms with van der Waals surface area (Å²) in [5.74, 6) is -1.24.